The molecule has 96 valence electrons. The van der Waals surface area contributed by atoms with Gasteiger partial charge in [-0.1, -0.05) is 11.6 Å². The van der Waals surface area contributed by atoms with Crippen molar-refractivity contribution in [2.24, 2.45) is 0 Å². The number of nitriles is 1. The first kappa shape index (κ1) is 11.9. The van der Waals surface area contributed by atoms with Crippen molar-refractivity contribution in [2.45, 2.75) is 6.92 Å². The summed E-state index contributed by atoms with van der Waals surface area (Å²) in [5.74, 6) is 0.780. The zero-order valence-corrected chi connectivity index (χ0v) is 10.9. The van der Waals surface area contributed by atoms with Gasteiger partial charge in [0.15, 0.2) is 0 Å². The van der Waals surface area contributed by atoms with E-state index in [0.29, 0.717) is 18.8 Å². The molecule has 0 amide bonds. The van der Waals surface area contributed by atoms with E-state index in [2.05, 4.69) is 22.0 Å². The molecule has 0 unspecified atom stereocenters. The molecule has 0 aliphatic carbocycles. The summed E-state index contributed by atoms with van der Waals surface area (Å²) >= 11 is 0. The predicted molar refractivity (Wildman–Crippen MR) is 74.2 cm³/mol. The summed E-state index contributed by atoms with van der Waals surface area (Å²) in [5.41, 5.74) is 2.75. The number of morpholine rings is 1. The van der Waals surface area contributed by atoms with Gasteiger partial charge in [0.25, 0.3) is 0 Å². The van der Waals surface area contributed by atoms with Crippen LogP contribution in [0, 0.1) is 18.3 Å². The van der Waals surface area contributed by atoms with E-state index in [-0.39, 0.29) is 0 Å². The highest BCUT2D eigenvalue weighted by Crippen LogP contribution is 2.24. The smallest absolute Gasteiger partial charge is 0.147 e. The van der Waals surface area contributed by atoms with Crippen molar-refractivity contribution in [1.29, 1.82) is 5.26 Å². The summed E-state index contributed by atoms with van der Waals surface area (Å²) in [4.78, 5) is 6.78. The van der Waals surface area contributed by atoms with Crippen LogP contribution in [0.2, 0.25) is 0 Å². The minimum atomic E-state index is 0.639. The SMILES string of the molecule is Cc1ccc2nc(N3CCOCC3)c(C#N)cc2c1. The summed E-state index contributed by atoms with van der Waals surface area (Å²) in [6, 6.07) is 10.3. The maximum Gasteiger partial charge on any atom is 0.147 e. The predicted octanol–water partition coefficient (Wildman–Crippen LogP) is 2.25. The van der Waals surface area contributed by atoms with Crippen LogP contribution in [-0.4, -0.2) is 31.3 Å². The standard InChI is InChI=1S/C15H15N3O/c1-11-2-3-14-12(8-11)9-13(10-16)15(17-14)18-4-6-19-7-5-18/h2-3,8-9H,4-7H2,1H3. The molecular weight excluding hydrogens is 238 g/mol. The second-order valence-electron chi connectivity index (χ2n) is 4.77. The Bertz CT molecular complexity index is 654. The maximum atomic E-state index is 9.33. The third-order valence-corrected chi connectivity index (χ3v) is 3.38. The van der Waals surface area contributed by atoms with Crippen LogP contribution in [0.3, 0.4) is 0 Å². The number of pyridine rings is 1. The Morgan fingerprint density at radius 1 is 1.26 bits per heavy atom. The number of hydrogen-bond donors (Lipinski definition) is 0. The first-order chi connectivity index (χ1) is 9.28. The van der Waals surface area contributed by atoms with Gasteiger partial charge < -0.3 is 9.64 Å². The molecule has 1 aliphatic rings. The van der Waals surface area contributed by atoms with E-state index >= 15 is 0 Å². The molecule has 4 nitrogen and oxygen atoms in total. The zero-order valence-electron chi connectivity index (χ0n) is 10.9. The second kappa shape index (κ2) is 4.87. The van der Waals surface area contributed by atoms with Crippen LogP contribution >= 0.6 is 0 Å². The molecule has 4 heteroatoms. The van der Waals surface area contributed by atoms with Crippen LogP contribution in [-0.2, 0) is 4.74 Å². The lowest BCUT2D eigenvalue weighted by Crippen LogP contribution is -2.37. The molecular formula is C15H15N3O. The quantitative estimate of drug-likeness (QED) is 0.782. The van der Waals surface area contributed by atoms with Gasteiger partial charge in [0.05, 0.1) is 24.3 Å². The average Bonchev–Trinajstić information content (AvgIpc) is 2.46. The molecule has 0 N–H and O–H groups in total. The highest BCUT2D eigenvalue weighted by atomic mass is 16.5. The molecule has 1 saturated heterocycles. The summed E-state index contributed by atoms with van der Waals surface area (Å²) < 4.78 is 5.35. The lowest BCUT2D eigenvalue weighted by atomic mass is 10.1. The van der Waals surface area contributed by atoms with Crippen LogP contribution in [0.25, 0.3) is 10.9 Å². The van der Waals surface area contributed by atoms with Crippen LogP contribution in [0.1, 0.15) is 11.1 Å². The van der Waals surface area contributed by atoms with Crippen molar-refractivity contribution >= 4 is 16.7 Å². The fraction of sp³-hybridized carbons (Fsp3) is 0.333. The number of aromatic nitrogens is 1. The number of rotatable bonds is 1. The summed E-state index contributed by atoms with van der Waals surface area (Å²) in [6.45, 7) is 5.01. The van der Waals surface area contributed by atoms with Gasteiger partial charge in [-0.05, 0) is 25.1 Å². The number of hydrogen-bond acceptors (Lipinski definition) is 4. The Labute approximate surface area is 112 Å². The molecule has 0 atom stereocenters. The topological polar surface area (TPSA) is 49.2 Å². The molecule has 1 aliphatic heterocycles. The molecule has 2 heterocycles. The third-order valence-electron chi connectivity index (χ3n) is 3.38. The summed E-state index contributed by atoms with van der Waals surface area (Å²) in [6.07, 6.45) is 0. The van der Waals surface area contributed by atoms with Crippen molar-refractivity contribution in [3.8, 4) is 6.07 Å². The van der Waals surface area contributed by atoms with E-state index in [1.165, 1.54) is 5.56 Å². The van der Waals surface area contributed by atoms with Crippen LogP contribution < -0.4 is 4.90 Å². The molecule has 0 bridgehead atoms. The van der Waals surface area contributed by atoms with Crippen molar-refractivity contribution in [3.63, 3.8) is 0 Å². The number of anilines is 1. The van der Waals surface area contributed by atoms with E-state index in [0.717, 1.165) is 29.8 Å². The molecule has 1 fully saturated rings. The molecule has 2 aromatic rings. The Kier molecular flexibility index (Phi) is 3.06. The lowest BCUT2D eigenvalue weighted by Gasteiger charge is -2.28. The van der Waals surface area contributed by atoms with Crippen LogP contribution in [0.4, 0.5) is 5.82 Å². The van der Waals surface area contributed by atoms with E-state index in [1.54, 1.807) is 0 Å². The average molecular weight is 253 g/mol. The first-order valence-corrected chi connectivity index (χ1v) is 6.42. The first-order valence-electron chi connectivity index (χ1n) is 6.42. The second-order valence-corrected chi connectivity index (χ2v) is 4.77. The fourth-order valence-corrected chi connectivity index (χ4v) is 2.38. The molecule has 0 spiro atoms. The van der Waals surface area contributed by atoms with Gasteiger partial charge in [0.1, 0.15) is 11.9 Å². The fourth-order valence-electron chi connectivity index (χ4n) is 2.38. The summed E-state index contributed by atoms with van der Waals surface area (Å²) in [7, 11) is 0. The van der Waals surface area contributed by atoms with Crippen LogP contribution in [0.15, 0.2) is 24.3 Å². The normalized spacial score (nSPS) is 15.5. The van der Waals surface area contributed by atoms with E-state index in [9.17, 15) is 5.26 Å². The van der Waals surface area contributed by atoms with Gasteiger partial charge in [-0.3, -0.25) is 0 Å². The Hall–Kier alpha value is -2.12. The number of ether oxygens (including phenoxy) is 1. The number of benzene rings is 1. The number of nitrogens with zero attached hydrogens (tertiary/aromatic N) is 3. The van der Waals surface area contributed by atoms with Crippen molar-refractivity contribution < 1.29 is 4.74 Å². The summed E-state index contributed by atoms with van der Waals surface area (Å²) in [5, 5.41) is 10.4. The molecule has 3 rings (SSSR count). The van der Waals surface area contributed by atoms with Gasteiger partial charge in [-0.2, -0.15) is 5.26 Å². The van der Waals surface area contributed by atoms with Gasteiger partial charge in [0.2, 0.25) is 0 Å². The van der Waals surface area contributed by atoms with Gasteiger partial charge in [-0.25, -0.2) is 4.98 Å². The van der Waals surface area contributed by atoms with Crippen molar-refractivity contribution in [2.75, 3.05) is 31.2 Å². The highest BCUT2D eigenvalue weighted by Gasteiger charge is 2.17. The Morgan fingerprint density at radius 2 is 2.05 bits per heavy atom. The Morgan fingerprint density at radius 3 is 2.79 bits per heavy atom. The molecule has 19 heavy (non-hydrogen) atoms. The largest absolute Gasteiger partial charge is 0.378 e. The van der Waals surface area contributed by atoms with E-state index < -0.39 is 0 Å². The molecule has 0 saturated carbocycles. The van der Waals surface area contributed by atoms with Crippen LogP contribution in [0.5, 0.6) is 0 Å². The van der Waals surface area contributed by atoms with Gasteiger partial charge >= 0.3 is 0 Å². The minimum Gasteiger partial charge on any atom is -0.378 e. The van der Waals surface area contributed by atoms with E-state index in [1.807, 2.05) is 25.1 Å². The van der Waals surface area contributed by atoms with Crippen molar-refractivity contribution in [3.05, 3.63) is 35.4 Å². The number of fused-ring (bicyclic) bond motifs is 1. The van der Waals surface area contributed by atoms with E-state index in [4.69, 9.17) is 4.74 Å². The maximum absolute atomic E-state index is 9.33. The molecule has 1 aromatic carbocycles. The van der Waals surface area contributed by atoms with Gasteiger partial charge in [0, 0.05) is 18.5 Å². The molecule has 0 radical (unpaired) electrons. The molecule has 1 aromatic heterocycles. The monoisotopic (exact) mass is 253 g/mol. The minimum absolute atomic E-state index is 0.639. The Balaban J connectivity index is 2.12. The number of aryl methyl sites for hydroxylation is 1. The third kappa shape index (κ3) is 2.25. The van der Waals surface area contributed by atoms with Gasteiger partial charge in [-0.15, -0.1) is 0 Å². The van der Waals surface area contributed by atoms with Crippen molar-refractivity contribution in [1.82, 2.24) is 4.98 Å². The lowest BCUT2D eigenvalue weighted by molar-refractivity contribution is 0.122. The highest BCUT2D eigenvalue weighted by molar-refractivity contribution is 5.83. The zero-order chi connectivity index (χ0) is 13.2.